The topological polar surface area (TPSA) is 55.6 Å². The number of ether oxygens (including phenoxy) is 1. The van der Waals surface area contributed by atoms with Gasteiger partial charge in [-0.25, -0.2) is 4.79 Å². The lowest BCUT2D eigenvalue weighted by Crippen LogP contribution is -2.50. The van der Waals surface area contributed by atoms with Crippen molar-refractivity contribution in [3.63, 3.8) is 0 Å². The highest BCUT2D eigenvalue weighted by Crippen LogP contribution is 2.34. The van der Waals surface area contributed by atoms with Crippen molar-refractivity contribution in [3.05, 3.63) is 0 Å². The third-order valence-electron chi connectivity index (χ3n) is 2.84. The third kappa shape index (κ3) is 2.55. The van der Waals surface area contributed by atoms with Crippen LogP contribution in [0.15, 0.2) is 0 Å². The van der Waals surface area contributed by atoms with E-state index >= 15 is 0 Å². The van der Waals surface area contributed by atoms with Gasteiger partial charge in [0.05, 0.1) is 16.8 Å². The van der Waals surface area contributed by atoms with Crippen LogP contribution in [0, 0.1) is 0 Å². The Balaban J connectivity index is 2.61. The summed E-state index contributed by atoms with van der Waals surface area (Å²) in [6.07, 6.45) is 3.34. The maximum atomic E-state index is 11.3. The molecule has 0 aromatic carbocycles. The highest BCUT2D eigenvalue weighted by atomic mass is 32.2. The van der Waals surface area contributed by atoms with Gasteiger partial charge in [-0.15, -0.1) is 0 Å². The second kappa shape index (κ2) is 5.03. The van der Waals surface area contributed by atoms with Crippen molar-refractivity contribution >= 4 is 35.1 Å². The lowest BCUT2D eigenvalue weighted by atomic mass is 9.96. The maximum Gasteiger partial charge on any atom is 0.409 e. The fourth-order valence-corrected chi connectivity index (χ4v) is 2.98. The number of methoxy groups -OCH3 is 1. The standard InChI is InChI=1S/C9H16N2O2S2/c1-13-8(12)11-5-3-9(15-2,4-6-11)7(10)14/h3-6H2,1-2H3,(H2,10,14). The fraction of sp³-hybridized carbons (Fsp3) is 0.778. The van der Waals surface area contributed by atoms with Crippen LogP contribution in [0.5, 0.6) is 0 Å². The van der Waals surface area contributed by atoms with Gasteiger partial charge in [0.25, 0.3) is 0 Å². The van der Waals surface area contributed by atoms with Crippen molar-refractivity contribution in [1.82, 2.24) is 4.90 Å². The van der Waals surface area contributed by atoms with E-state index in [1.165, 1.54) is 7.11 Å². The number of thioether (sulfide) groups is 1. The predicted octanol–water partition coefficient (Wildman–Crippen LogP) is 1.24. The summed E-state index contributed by atoms with van der Waals surface area (Å²) in [7, 11) is 1.40. The summed E-state index contributed by atoms with van der Waals surface area (Å²) in [6, 6.07) is 0. The predicted molar refractivity (Wildman–Crippen MR) is 66.2 cm³/mol. The molecule has 0 aromatic rings. The Kier molecular flexibility index (Phi) is 4.21. The number of nitrogens with zero attached hydrogens (tertiary/aromatic N) is 1. The number of thiocarbonyl (C=S) groups is 1. The van der Waals surface area contributed by atoms with Gasteiger partial charge in [-0.3, -0.25) is 0 Å². The minimum atomic E-state index is -0.271. The smallest absolute Gasteiger partial charge is 0.409 e. The van der Waals surface area contributed by atoms with Crippen molar-refractivity contribution in [2.24, 2.45) is 5.73 Å². The molecule has 86 valence electrons. The van der Waals surface area contributed by atoms with Crippen LogP contribution in [-0.4, -0.2) is 47.2 Å². The van der Waals surface area contributed by atoms with Crippen LogP contribution in [0.3, 0.4) is 0 Å². The SMILES string of the molecule is COC(=O)N1CCC(SC)(C(N)=S)CC1. The quantitative estimate of drug-likeness (QED) is 0.745. The number of carbonyl (C=O) groups excluding carboxylic acids is 1. The second-order valence-electron chi connectivity index (χ2n) is 3.52. The average Bonchev–Trinajstić information content (AvgIpc) is 2.28. The summed E-state index contributed by atoms with van der Waals surface area (Å²) in [4.78, 5) is 13.5. The zero-order chi connectivity index (χ0) is 11.5. The van der Waals surface area contributed by atoms with Gasteiger partial charge < -0.3 is 15.4 Å². The van der Waals surface area contributed by atoms with Crippen LogP contribution in [0.2, 0.25) is 0 Å². The van der Waals surface area contributed by atoms with E-state index in [9.17, 15) is 4.79 Å². The molecule has 1 heterocycles. The Hall–Kier alpha value is -0.490. The van der Waals surface area contributed by atoms with E-state index in [1.54, 1.807) is 16.7 Å². The molecule has 6 heteroatoms. The highest BCUT2D eigenvalue weighted by Gasteiger charge is 2.37. The van der Waals surface area contributed by atoms with Crippen LogP contribution in [0.25, 0.3) is 0 Å². The van der Waals surface area contributed by atoms with E-state index in [1.807, 2.05) is 6.26 Å². The Morgan fingerprint density at radius 1 is 1.53 bits per heavy atom. The Bertz CT molecular complexity index is 263. The first-order valence-electron chi connectivity index (χ1n) is 4.73. The maximum absolute atomic E-state index is 11.3. The van der Waals surface area contributed by atoms with E-state index in [0.717, 1.165) is 12.8 Å². The summed E-state index contributed by atoms with van der Waals surface area (Å²) >= 11 is 6.76. The molecule has 1 fully saturated rings. The largest absolute Gasteiger partial charge is 0.453 e. The number of rotatable bonds is 2. The number of likely N-dealkylation sites (tertiary alicyclic amines) is 1. The molecule has 1 aliphatic heterocycles. The number of carbonyl (C=O) groups is 1. The Morgan fingerprint density at radius 2 is 2.07 bits per heavy atom. The van der Waals surface area contributed by atoms with E-state index in [-0.39, 0.29) is 10.8 Å². The molecule has 1 saturated heterocycles. The molecular formula is C9H16N2O2S2. The van der Waals surface area contributed by atoms with Gasteiger partial charge in [-0.05, 0) is 19.1 Å². The Labute approximate surface area is 99.5 Å². The van der Waals surface area contributed by atoms with Crippen molar-refractivity contribution in [2.45, 2.75) is 17.6 Å². The summed E-state index contributed by atoms with van der Waals surface area (Å²) < 4.78 is 4.53. The summed E-state index contributed by atoms with van der Waals surface area (Å²) in [5.74, 6) is 0. The average molecular weight is 248 g/mol. The lowest BCUT2D eigenvalue weighted by Gasteiger charge is -2.39. The van der Waals surface area contributed by atoms with E-state index in [0.29, 0.717) is 18.1 Å². The molecule has 0 aromatic heterocycles. The highest BCUT2D eigenvalue weighted by molar-refractivity contribution is 8.02. The molecule has 0 radical (unpaired) electrons. The fourth-order valence-electron chi connectivity index (χ4n) is 1.73. The first-order valence-corrected chi connectivity index (χ1v) is 6.37. The molecule has 0 unspecified atom stereocenters. The number of nitrogens with two attached hydrogens (primary N) is 1. The summed E-state index contributed by atoms with van der Waals surface area (Å²) in [5, 5.41) is 0. The van der Waals surface area contributed by atoms with Gasteiger partial charge in [-0.2, -0.15) is 11.8 Å². The molecule has 1 rings (SSSR count). The van der Waals surface area contributed by atoms with Crippen molar-refractivity contribution < 1.29 is 9.53 Å². The monoisotopic (exact) mass is 248 g/mol. The van der Waals surface area contributed by atoms with Gasteiger partial charge in [-0.1, -0.05) is 12.2 Å². The van der Waals surface area contributed by atoms with Gasteiger partial charge in [0.1, 0.15) is 0 Å². The van der Waals surface area contributed by atoms with Crippen LogP contribution < -0.4 is 5.73 Å². The number of piperidine rings is 1. The molecule has 0 bridgehead atoms. The van der Waals surface area contributed by atoms with Crippen LogP contribution in [0.4, 0.5) is 4.79 Å². The van der Waals surface area contributed by atoms with Gasteiger partial charge in [0, 0.05) is 13.1 Å². The first-order chi connectivity index (χ1) is 7.05. The van der Waals surface area contributed by atoms with Crippen molar-refractivity contribution in [3.8, 4) is 0 Å². The van der Waals surface area contributed by atoms with Crippen LogP contribution >= 0.6 is 24.0 Å². The van der Waals surface area contributed by atoms with Gasteiger partial charge >= 0.3 is 6.09 Å². The number of hydrogen-bond donors (Lipinski definition) is 1. The molecule has 4 nitrogen and oxygen atoms in total. The van der Waals surface area contributed by atoms with Crippen LogP contribution in [0.1, 0.15) is 12.8 Å². The minimum Gasteiger partial charge on any atom is -0.453 e. The molecule has 2 N–H and O–H groups in total. The molecule has 15 heavy (non-hydrogen) atoms. The Morgan fingerprint density at radius 3 is 2.40 bits per heavy atom. The summed E-state index contributed by atoms with van der Waals surface area (Å²) in [6.45, 7) is 1.32. The minimum absolute atomic E-state index is 0.139. The lowest BCUT2D eigenvalue weighted by molar-refractivity contribution is 0.114. The zero-order valence-corrected chi connectivity index (χ0v) is 10.6. The third-order valence-corrected chi connectivity index (χ3v) is 4.77. The van der Waals surface area contributed by atoms with Crippen molar-refractivity contribution in [2.75, 3.05) is 26.5 Å². The summed E-state index contributed by atoms with van der Waals surface area (Å²) in [5.41, 5.74) is 5.74. The number of hydrogen-bond acceptors (Lipinski definition) is 4. The first kappa shape index (κ1) is 12.6. The van der Waals surface area contributed by atoms with E-state index < -0.39 is 0 Å². The van der Waals surface area contributed by atoms with Gasteiger partial charge in [0.2, 0.25) is 0 Å². The molecule has 0 aliphatic carbocycles. The normalized spacial score (nSPS) is 19.7. The molecule has 1 amide bonds. The van der Waals surface area contributed by atoms with Crippen molar-refractivity contribution in [1.29, 1.82) is 0 Å². The zero-order valence-electron chi connectivity index (χ0n) is 8.99. The number of amides is 1. The second-order valence-corrected chi connectivity index (χ2v) is 5.15. The molecule has 0 saturated carbocycles. The molecular weight excluding hydrogens is 232 g/mol. The van der Waals surface area contributed by atoms with Gasteiger partial charge in [0.15, 0.2) is 0 Å². The van der Waals surface area contributed by atoms with Crippen LogP contribution in [-0.2, 0) is 4.74 Å². The molecule has 0 spiro atoms. The van der Waals surface area contributed by atoms with E-state index in [4.69, 9.17) is 18.0 Å². The molecule has 0 atom stereocenters. The van der Waals surface area contributed by atoms with E-state index in [2.05, 4.69) is 4.74 Å². The molecule has 1 aliphatic rings.